The highest BCUT2D eigenvalue weighted by Gasteiger charge is 2.10. The molecule has 0 amide bonds. The lowest BCUT2D eigenvalue weighted by molar-refractivity contribution is 0.391. The molecule has 2 aromatic carbocycles. The molecule has 27 heavy (non-hydrogen) atoms. The van der Waals surface area contributed by atoms with E-state index in [0.717, 1.165) is 24.2 Å². The molecule has 0 aliphatic heterocycles. The molecule has 0 aromatic heterocycles. The van der Waals surface area contributed by atoms with Gasteiger partial charge in [0.1, 0.15) is 5.75 Å². The molecule has 0 heterocycles. The molecule has 4 nitrogen and oxygen atoms in total. The Kier molecular flexibility index (Phi) is 7.18. The van der Waals surface area contributed by atoms with Crippen LogP contribution in [0.5, 0.6) is 5.75 Å². The lowest BCUT2D eigenvalue weighted by Gasteiger charge is -2.15. The molecule has 0 bridgehead atoms. The standard InChI is InChI=1S/C23H29N3O/c1-17(20-9-7-19(8-10-20)14-25(3)4)18(2)21-11-12-22(15-26(5)6)23(13-21)27-16-24/h7-13H,14-15H2,1-6H3/b18-17-. The van der Waals surface area contributed by atoms with Gasteiger partial charge < -0.3 is 14.5 Å². The number of nitrogens with zero attached hydrogens (tertiary/aromatic N) is 3. The quantitative estimate of drug-likeness (QED) is 0.531. The number of hydrogen-bond donors (Lipinski definition) is 0. The van der Waals surface area contributed by atoms with Gasteiger partial charge in [-0.25, -0.2) is 0 Å². The van der Waals surface area contributed by atoms with Gasteiger partial charge in [0.15, 0.2) is 0 Å². The Morgan fingerprint density at radius 3 is 1.96 bits per heavy atom. The van der Waals surface area contributed by atoms with Crippen molar-refractivity contribution in [2.24, 2.45) is 0 Å². The summed E-state index contributed by atoms with van der Waals surface area (Å²) < 4.78 is 5.22. The number of rotatable bonds is 7. The Labute approximate surface area is 163 Å². The first-order valence-electron chi connectivity index (χ1n) is 9.07. The van der Waals surface area contributed by atoms with Crippen molar-refractivity contribution in [3.8, 4) is 12.0 Å². The van der Waals surface area contributed by atoms with Crippen LogP contribution in [-0.2, 0) is 13.1 Å². The Morgan fingerprint density at radius 2 is 1.41 bits per heavy atom. The van der Waals surface area contributed by atoms with Crippen LogP contribution in [0.15, 0.2) is 42.5 Å². The molecule has 0 saturated heterocycles. The molecule has 0 fully saturated rings. The van der Waals surface area contributed by atoms with Crippen molar-refractivity contribution in [2.45, 2.75) is 26.9 Å². The molecule has 0 radical (unpaired) electrons. The van der Waals surface area contributed by atoms with Gasteiger partial charge in [0.2, 0.25) is 0 Å². The summed E-state index contributed by atoms with van der Waals surface area (Å²) in [5, 5.41) is 8.98. The predicted molar refractivity (Wildman–Crippen MR) is 112 cm³/mol. The molecule has 0 spiro atoms. The van der Waals surface area contributed by atoms with Crippen molar-refractivity contribution < 1.29 is 4.74 Å². The van der Waals surface area contributed by atoms with Crippen molar-refractivity contribution in [3.63, 3.8) is 0 Å². The van der Waals surface area contributed by atoms with Crippen LogP contribution < -0.4 is 4.74 Å². The van der Waals surface area contributed by atoms with Gasteiger partial charge in [0.05, 0.1) is 0 Å². The molecule has 0 atom stereocenters. The molecular formula is C23H29N3O. The molecule has 142 valence electrons. The van der Waals surface area contributed by atoms with Gasteiger partial charge in [-0.15, -0.1) is 5.26 Å². The SMILES string of the molecule is C/C(=C(\C)c1ccc(CN(C)C)c(OC#N)c1)c1ccc(CN(C)C)cc1. The van der Waals surface area contributed by atoms with E-state index in [0.29, 0.717) is 5.75 Å². The van der Waals surface area contributed by atoms with Gasteiger partial charge in [-0.3, -0.25) is 0 Å². The number of benzene rings is 2. The highest BCUT2D eigenvalue weighted by Crippen LogP contribution is 2.30. The first-order valence-corrected chi connectivity index (χ1v) is 9.07. The monoisotopic (exact) mass is 363 g/mol. The fourth-order valence-electron chi connectivity index (χ4n) is 3.06. The second-order valence-electron chi connectivity index (χ2n) is 7.44. The normalized spacial score (nSPS) is 12.1. The molecule has 0 N–H and O–H groups in total. The van der Waals surface area contributed by atoms with E-state index < -0.39 is 0 Å². The fraction of sp³-hybridized carbons (Fsp3) is 0.348. The van der Waals surface area contributed by atoms with E-state index >= 15 is 0 Å². The lowest BCUT2D eigenvalue weighted by Crippen LogP contribution is -2.11. The van der Waals surface area contributed by atoms with E-state index in [1.807, 2.05) is 32.5 Å². The third-order valence-electron chi connectivity index (χ3n) is 4.59. The Morgan fingerprint density at radius 1 is 0.852 bits per heavy atom. The van der Waals surface area contributed by atoms with E-state index in [1.54, 1.807) is 0 Å². The molecule has 4 heteroatoms. The largest absolute Gasteiger partial charge is 0.388 e. The second kappa shape index (κ2) is 9.36. The predicted octanol–water partition coefficient (Wildman–Crippen LogP) is 4.62. The fourth-order valence-corrected chi connectivity index (χ4v) is 3.06. The zero-order chi connectivity index (χ0) is 20.0. The zero-order valence-electron chi connectivity index (χ0n) is 17.2. The molecule has 2 rings (SSSR count). The summed E-state index contributed by atoms with van der Waals surface area (Å²) in [6, 6.07) is 14.8. The van der Waals surface area contributed by atoms with Gasteiger partial charge in [0, 0.05) is 18.7 Å². The first kappa shape index (κ1) is 20.7. The van der Waals surface area contributed by atoms with Gasteiger partial charge in [0.25, 0.3) is 6.26 Å². The van der Waals surface area contributed by atoms with Crippen LogP contribution in [0.4, 0.5) is 0 Å². The van der Waals surface area contributed by atoms with Crippen molar-refractivity contribution in [2.75, 3.05) is 28.2 Å². The molecular weight excluding hydrogens is 334 g/mol. The van der Waals surface area contributed by atoms with Crippen LogP contribution in [0.1, 0.15) is 36.1 Å². The Bertz CT molecular complexity index is 843. The van der Waals surface area contributed by atoms with Crippen LogP contribution in [0.2, 0.25) is 0 Å². The maximum absolute atomic E-state index is 8.98. The molecule has 0 aliphatic rings. The van der Waals surface area contributed by atoms with Gasteiger partial charge in [-0.1, -0.05) is 36.4 Å². The number of hydrogen-bond acceptors (Lipinski definition) is 4. The summed E-state index contributed by atoms with van der Waals surface area (Å²) in [6.45, 7) is 5.91. The Hall–Kier alpha value is -2.61. The summed E-state index contributed by atoms with van der Waals surface area (Å²) in [5.41, 5.74) is 6.97. The third kappa shape index (κ3) is 5.68. The second-order valence-corrected chi connectivity index (χ2v) is 7.44. The minimum absolute atomic E-state index is 0.622. The minimum atomic E-state index is 0.622. The summed E-state index contributed by atoms with van der Waals surface area (Å²) >= 11 is 0. The van der Waals surface area contributed by atoms with Crippen molar-refractivity contribution in [1.82, 2.24) is 9.80 Å². The van der Waals surface area contributed by atoms with Gasteiger partial charge in [-0.2, -0.15) is 0 Å². The average molecular weight is 364 g/mol. The molecule has 0 aliphatic carbocycles. The van der Waals surface area contributed by atoms with Crippen LogP contribution >= 0.6 is 0 Å². The molecule has 2 aromatic rings. The van der Waals surface area contributed by atoms with Crippen LogP contribution in [0.3, 0.4) is 0 Å². The van der Waals surface area contributed by atoms with Crippen molar-refractivity contribution in [1.29, 1.82) is 5.26 Å². The Balaban J connectivity index is 2.35. The van der Waals surface area contributed by atoms with E-state index in [-0.39, 0.29) is 0 Å². The third-order valence-corrected chi connectivity index (χ3v) is 4.59. The van der Waals surface area contributed by atoms with Crippen LogP contribution in [0, 0.1) is 11.5 Å². The maximum Gasteiger partial charge on any atom is 0.292 e. The highest BCUT2D eigenvalue weighted by molar-refractivity contribution is 5.89. The number of allylic oxidation sites excluding steroid dienone is 2. The van der Waals surface area contributed by atoms with E-state index in [1.165, 1.54) is 22.3 Å². The molecule has 0 unspecified atom stereocenters. The van der Waals surface area contributed by atoms with Crippen molar-refractivity contribution >= 4 is 11.1 Å². The topological polar surface area (TPSA) is 39.5 Å². The lowest BCUT2D eigenvalue weighted by atomic mass is 9.95. The summed E-state index contributed by atoms with van der Waals surface area (Å²) in [7, 11) is 8.15. The van der Waals surface area contributed by atoms with Crippen molar-refractivity contribution in [3.05, 3.63) is 64.7 Å². The summed E-state index contributed by atoms with van der Waals surface area (Å²) in [6.07, 6.45) is 1.81. The van der Waals surface area contributed by atoms with E-state index in [4.69, 9.17) is 10.00 Å². The number of nitriles is 1. The highest BCUT2D eigenvalue weighted by atomic mass is 16.5. The molecule has 0 saturated carbocycles. The smallest absolute Gasteiger partial charge is 0.292 e. The van der Waals surface area contributed by atoms with Gasteiger partial charge in [-0.05, 0) is 75.9 Å². The summed E-state index contributed by atoms with van der Waals surface area (Å²) in [5.74, 6) is 0.622. The van der Waals surface area contributed by atoms with Crippen LogP contribution in [0.25, 0.3) is 11.1 Å². The summed E-state index contributed by atoms with van der Waals surface area (Å²) in [4.78, 5) is 4.22. The van der Waals surface area contributed by atoms with Crippen LogP contribution in [-0.4, -0.2) is 38.0 Å². The maximum atomic E-state index is 8.98. The number of ether oxygens (including phenoxy) is 1. The van der Waals surface area contributed by atoms with E-state index in [2.05, 4.69) is 68.1 Å². The minimum Gasteiger partial charge on any atom is -0.388 e. The van der Waals surface area contributed by atoms with Gasteiger partial charge >= 0.3 is 0 Å². The zero-order valence-corrected chi connectivity index (χ0v) is 17.2. The average Bonchev–Trinajstić information content (AvgIpc) is 2.62. The van der Waals surface area contributed by atoms with E-state index in [9.17, 15) is 0 Å². The first-order chi connectivity index (χ1) is 12.8.